The number of rotatable bonds is 11. The molecule has 0 aliphatic heterocycles. The zero-order chi connectivity index (χ0) is 14.9. The van der Waals surface area contributed by atoms with Gasteiger partial charge in [-0.15, -0.1) is 0 Å². The van der Waals surface area contributed by atoms with E-state index in [0.29, 0.717) is 0 Å². The minimum atomic E-state index is -2.10. The average Bonchev–Trinajstić information content (AvgIpc) is 2.36. The Morgan fingerprint density at radius 2 is 1.11 bits per heavy atom. The van der Waals surface area contributed by atoms with E-state index in [-0.39, 0.29) is 0 Å². The summed E-state index contributed by atoms with van der Waals surface area (Å²) in [7, 11) is -1.15. The number of hydrogen-bond acceptors (Lipinski definition) is 0. The van der Waals surface area contributed by atoms with Crippen molar-refractivity contribution in [3.05, 3.63) is 9.79 Å². The van der Waals surface area contributed by atoms with Gasteiger partial charge in [0.25, 0.3) is 0 Å². The molecule has 0 aromatic carbocycles. The molecule has 0 bridgehead atoms. The molecular formula is C17H38SiSn. The molecule has 0 radical (unpaired) electrons. The molecule has 0 spiro atoms. The molecule has 0 rings (SSSR count). The van der Waals surface area contributed by atoms with E-state index in [9.17, 15) is 0 Å². The minimum absolute atomic E-state index is 1.15. The molecule has 0 saturated heterocycles. The van der Waals surface area contributed by atoms with E-state index in [2.05, 4.69) is 40.4 Å². The van der Waals surface area contributed by atoms with Gasteiger partial charge in [-0.1, -0.05) is 0 Å². The SMILES string of the molecule is C=[C]([Si](C)(C)C)[Sn]([CH2]CCC)([CH2]CCC)[CH2]CCC. The predicted octanol–water partition coefficient (Wildman–Crippen LogP) is 6.81. The van der Waals surface area contributed by atoms with Gasteiger partial charge in [-0.25, -0.2) is 0 Å². The molecule has 0 aliphatic carbocycles. The van der Waals surface area contributed by atoms with Crippen LogP contribution in [0.1, 0.15) is 59.3 Å². The fraction of sp³-hybridized carbons (Fsp3) is 0.882. The zero-order valence-electron chi connectivity index (χ0n) is 14.6. The number of hydrogen-bond donors (Lipinski definition) is 0. The van der Waals surface area contributed by atoms with Gasteiger partial charge in [0.05, 0.1) is 0 Å². The summed E-state index contributed by atoms with van der Waals surface area (Å²) in [6.07, 6.45) is 8.51. The van der Waals surface area contributed by atoms with Gasteiger partial charge >= 0.3 is 128 Å². The topological polar surface area (TPSA) is 0 Å². The van der Waals surface area contributed by atoms with E-state index < -0.39 is 26.5 Å². The Hall–Kier alpha value is 0.756. The van der Waals surface area contributed by atoms with Crippen molar-refractivity contribution in [3.8, 4) is 0 Å². The average molecular weight is 389 g/mol. The molecule has 0 aliphatic rings. The first-order valence-corrected chi connectivity index (χ1v) is 19.5. The Balaban J connectivity index is 5.13. The molecule has 0 unspecified atom stereocenters. The van der Waals surface area contributed by atoms with Crippen LogP contribution in [0.15, 0.2) is 9.79 Å². The third-order valence-corrected chi connectivity index (χ3v) is 31.2. The van der Waals surface area contributed by atoms with Gasteiger partial charge < -0.3 is 0 Å². The molecule has 0 atom stereocenters. The maximum absolute atomic E-state index is 4.71. The van der Waals surface area contributed by atoms with Crippen molar-refractivity contribution in [1.82, 2.24) is 0 Å². The van der Waals surface area contributed by atoms with E-state index in [1.165, 1.54) is 38.5 Å². The van der Waals surface area contributed by atoms with Gasteiger partial charge in [-0.2, -0.15) is 0 Å². The summed E-state index contributed by atoms with van der Waals surface area (Å²) in [5, 5.41) is 0. The normalized spacial score (nSPS) is 12.7. The fourth-order valence-corrected chi connectivity index (χ4v) is 34.4. The van der Waals surface area contributed by atoms with E-state index in [1.807, 2.05) is 3.21 Å². The van der Waals surface area contributed by atoms with E-state index in [4.69, 9.17) is 6.58 Å². The second kappa shape index (κ2) is 9.65. The van der Waals surface area contributed by atoms with Crippen LogP contribution in [0.3, 0.4) is 0 Å². The van der Waals surface area contributed by atoms with Gasteiger partial charge in [-0.05, 0) is 0 Å². The Bertz CT molecular complexity index is 231. The molecular weight excluding hydrogens is 351 g/mol. The Kier molecular flexibility index (Phi) is 10.0. The summed E-state index contributed by atoms with van der Waals surface area (Å²) in [5.74, 6) is 0. The van der Waals surface area contributed by atoms with Crippen LogP contribution in [0.4, 0.5) is 0 Å². The molecule has 0 N–H and O–H groups in total. The summed E-state index contributed by atoms with van der Waals surface area (Å²) in [6.45, 7) is 19.4. The Morgan fingerprint density at radius 3 is 1.32 bits per heavy atom. The van der Waals surface area contributed by atoms with Crippen LogP contribution in [0.5, 0.6) is 0 Å². The Morgan fingerprint density at radius 1 is 0.789 bits per heavy atom. The first-order chi connectivity index (χ1) is 8.84. The van der Waals surface area contributed by atoms with Gasteiger partial charge in [0.2, 0.25) is 0 Å². The molecule has 0 amide bonds. The van der Waals surface area contributed by atoms with E-state index in [1.54, 1.807) is 13.3 Å². The molecule has 0 saturated carbocycles. The van der Waals surface area contributed by atoms with Crippen molar-refractivity contribution in [2.45, 2.75) is 92.2 Å². The zero-order valence-corrected chi connectivity index (χ0v) is 18.4. The van der Waals surface area contributed by atoms with Crippen molar-refractivity contribution in [2.75, 3.05) is 0 Å². The molecule has 0 aromatic heterocycles. The van der Waals surface area contributed by atoms with E-state index >= 15 is 0 Å². The summed E-state index contributed by atoms with van der Waals surface area (Å²) >= 11 is -2.10. The first kappa shape index (κ1) is 19.8. The summed E-state index contributed by atoms with van der Waals surface area (Å²) in [6, 6.07) is 0. The monoisotopic (exact) mass is 390 g/mol. The van der Waals surface area contributed by atoms with Crippen LogP contribution in [0, 0.1) is 0 Å². The quantitative estimate of drug-likeness (QED) is 0.341. The summed E-state index contributed by atoms with van der Waals surface area (Å²) in [4.78, 5) is 0. The molecule has 2 heteroatoms. The second-order valence-electron chi connectivity index (χ2n) is 7.32. The summed E-state index contributed by atoms with van der Waals surface area (Å²) in [5.41, 5.74) is 0. The van der Waals surface area contributed by atoms with Crippen LogP contribution in [-0.4, -0.2) is 26.5 Å². The maximum atomic E-state index is 4.71. The van der Waals surface area contributed by atoms with Gasteiger partial charge in [-0.3, -0.25) is 0 Å². The van der Waals surface area contributed by atoms with Crippen LogP contribution in [0.25, 0.3) is 0 Å². The van der Waals surface area contributed by atoms with Crippen LogP contribution in [-0.2, 0) is 0 Å². The predicted molar refractivity (Wildman–Crippen MR) is 97.4 cm³/mol. The van der Waals surface area contributed by atoms with Crippen LogP contribution >= 0.6 is 0 Å². The molecule has 19 heavy (non-hydrogen) atoms. The van der Waals surface area contributed by atoms with Crippen LogP contribution < -0.4 is 0 Å². The third-order valence-electron chi connectivity index (χ3n) is 4.57. The van der Waals surface area contributed by atoms with E-state index in [0.717, 1.165) is 0 Å². The van der Waals surface area contributed by atoms with Crippen molar-refractivity contribution in [2.24, 2.45) is 0 Å². The Labute approximate surface area is 128 Å². The van der Waals surface area contributed by atoms with Crippen molar-refractivity contribution in [3.63, 3.8) is 0 Å². The van der Waals surface area contributed by atoms with Crippen molar-refractivity contribution < 1.29 is 0 Å². The van der Waals surface area contributed by atoms with Gasteiger partial charge in [0, 0.05) is 0 Å². The molecule has 0 nitrogen and oxygen atoms in total. The second-order valence-corrected chi connectivity index (χ2v) is 27.2. The fourth-order valence-electron chi connectivity index (χ4n) is 3.17. The third kappa shape index (κ3) is 6.84. The van der Waals surface area contributed by atoms with Gasteiger partial charge in [0.15, 0.2) is 0 Å². The van der Waals surface area contributed by atoms with Gasteiger partial charge in [0.1, 0.15) is 0 Å². The molecule has 0 fully saturated rings. The molecule has 0 heterocycles. The standard InChI is InChI=1S/C5H11Si.3C4H9.Sn/c1-5-6(2,3)4;3*1-3-4-2;/h1H2,2-4H3;3*1,3-4H2,2H3;. The molecule has 0 aromatic rings. The summed E-state index contributed by atoms with van der Waals surface area (Å²) < 4.78 is 6.63. The van der Waals surface area contributed by atoms with Crippen molar-refractivity contribution in [1.29, 1.82) is 0 Å². The number of unbranched alkanes of at least 4 members (excludes halogenated alkanes) is 3. The van der Waals surface area contributed by atoms with Crippen molar-refractivity contribution >= 4 is 26.5 Å². The first-order valence-electron chi connectivity index (χ1n) is 8.54. The van der Waals surface area contributed by atoms with Crippen LogP contribution in [0.2, 0.25) is 33.0 Å². The molecule has 114 valence electrons.